The van der Waals surface area contributed by atoms with Gasteiger partial charge in [-0.25, -0.2) is 0 Å². The number of piperidine rings is 2. The van der Waals surface area contributed by atoms with E-state index in [-0.39, 0.29) is 0 Å². The molecule has 1 N–H and O–H groups in total. The van der Waals surface area contributed by atoms with Gasteiger partial charge in [-0.15, -0.1) is 0 Å². The molecule has 0 amide bonds. The van der Waals surface area contributed by atoms with E-state index in [1.807, 2.05) is 30.3 Å². The number of nitrogens with zero attached hydrogens (tertiary/aromatic N) is 3. The summed E-state index contributed by atoms with van der Waals surface area (Å²) >= 11 is 0. The van der Waals surface area contributed by atoms with Crippen molar-refractivity contribution in [2.24, 2.45) is 10.9 Å². The van der Waals surface area contributed by atoms with Crippen molar-refractivity contribution in [3.05, 3.63) is 30.3 Å². The molecule has 0 aromatic heterocycles. The number of likely N-dealkylation sites (tertiary alicyclic amines) is 2. The minimum Gasteiger partial charge on any atom is -0.490 e. The van der Waals surface area contributed by atoms with E-state index in [9.17, 15) is 0 Å². The van der Waals surface area contributed by atoms with Crippen LogP contribution in [0, 0.1) is 5.92 Å². The fourth-order valence-electron chi connectivity index (χ4n) is 3.94. The first-order valence-electron chi connectivity index (χ1n) is 10.2. The van der Waals surface area contributed by atoms with Crippen LogP contribution in [0.2, 0.25) is 0 Å². The SMILES string of the molecule is CCNC(=NCC1CCCN(C)C1)N1CCC(Oc2ccccc2)CC1. The second kappa shape index (κ2) is 9.81. The molecule has 144 valence electrons. The number of hydrogen-bond acceptors (Lipinski definition) is 3. The number of benzene rings is 1. The molecule has 0 spiro atoms. The minimum absolute atomic E-state index is 0.309. The quantitative estimate of drug-likeness (QED) is 0.649. The highest BCUT2D eigenvalue weighted by atomic mass is 16.5. The molecule has 1 aromatic carbocycles. The molecule has 2 heterocycles. The van der Waals surface area contributed by atoms with E-state index in [1.54, 1.807) is 0 Å². The zero-order valence-corrected chi connectivity index (χ0v) is 16.4. The fraction of sp³-hybridized carbons (Fsp3) is 0.667. The van der Waals surface area contributed by atoms with Crippen LogP contribution in [0.5, 0.6) is 5.75 Å². The Morgan fingerprint density at radius 1 is 1.15 bits per heavy atom. The normalized spacial score (nSPS) is 23.1. The summed E-state index contributed by atoms with van der Waals surface area (Å²) in [6, 6.07) is 10.2. The Hall–Kier alpha value is -1.75. The number of guanidine groups is 1. The summed E-state index contributed by atoms with van der Waals surface area (Å²) in [6.45, 7) is 8.43. The van der Waals surface area contributed by atoms with E-state index in [2.05, 4.69) is 29.1 Å². The standard InChI is InChI=1S/C21H34N4O/c1-3-22-21(23-16-18-8-7-13-24(2)17-18)25-14-11-20(12-15-25)26-19-9-5-4-6-10-19/h4-6,9-10,18,20H,3,7-8,11-17H2,1-2H3,(H,22,23). The highest BCUT2D eigenvalue weighted by Crippen LogP contribution is 2.19. The predicted octanol–water partition coefficient (Wildman–Crippen LogP) is 2.84. The Labute approximate surface area is 158 Å². The summed E-state index contributed by atoms with van der Waals surface area (Å²) in [5, 5.41) is 3.49. The zero-order chi connectivity index (χ0) is 18.2. The Kier molecular flexibility index (Phi) is 7.18. The molecule has 0 bridgehead atoms. The van der Waals surface area contributed by atoms with Crippen LogP contribution in [0.1, 0.15) is 32.6 Å². The largest absolute Gasteiger partial charge is 0.490 e. The molecule has 0 aliphatic carbocycles. The number of para-hydroxylation sites is 1. The molecule has 1 aromatic rings. The van der Waals surface area contributed by atoms with E-state index >= 15 is 0 Å². The van der Waals surface area contributed by atoms with Gasteiger partial charge in [-0.05, 0) is 51.4 Å². The third-order valence-electron chi connectivity index (χ3n) is 5.34. The van der Waals surface area contributed by atoms with E-state index in [4.69, 9.17) is 9.73 Å². The van der Waals surface area contributed by atoms with Gasteiger partial charge in [0.05, 0.1) is 0 Å². The minimum atomic E-state index is 0.309. The number of ether oxygens (including phenoxy) is 1. The second-order valence-corrected chi connectivity index (χ2v) is 7.58. The van der Waals surface area contributed by atoms with Crippen molar-refractivity contribution in [3.63, 3.8) is 0 Å². The van der Waals surface area contributed by atoms with E-state index in [0.717, 1.165) is 50.7 Å². The average molecular weight is 359 g/mol. The lowest BCUT2D eigenvalue weighted by Gasteiger charge is -2.35. The third-order valence-corrected chi connectivity index (χ3v) is 5.34. The Morgan fingerprint density at radius 2 is 1.92 bits per heavy atom. The molecule has 1 unspecified atom stereocenters. The van der Waals surface area contributed by atoms with Crippen LogP contribution >= 0.6 is 0 Å². The number of hydrogen-bond donors (Lipinski definition) is 1. The monoisotopic (exact) mass is 358 g/mol. The van der Waals surface area contributed by atoms with Crippen LogP contribution in [-0.2, 0) is 0 Å². The molecular formula is C21H34N4O. The van der Waals surface area contributed by atoms with Crippen LogP contribution in [0.15, 0.2) is 35.3 Å². The van der Waals surface area contributed by atoms with Gasteiger partial charge in [-0.1, -0.05) is 18.2 Å². The maximum atomic E-state index is 6.12. The van der Waals surface area contributed by atoms with Gasteiger partial charge in [0.15, 0.2) is 5.96 Å². The van der Waals surface area contributed by atoms with Gasteiger partial charge in [-0.3, -0.25) is 4.99 Å². The summed E-state index contributed by atoms with van der Waals surface area (Å²) in [7, 11) is 2.22. The van der Waals surface area contributed by atoms with Crippen molar-refractivity contribution < 1.29 is 4.74 Å². The van der Waals surface area contributed by atoms with E-state index in [0.29, 0.717) is 12.0 Å². The lowest BCUT2D eigenvalue weighted by atomic mass is 9.99. The van der Waals surface area contributed by atoms with Crippen molar-refractivity contribution >= 4 is 5.96 Å². The van der Waals surface area contributed by atoms with Crippen molar-refractivity contribution in [2.45, 2.75) is 38.7 Å². The van der Waals surface area contributed by atoms with Gasteiger partial charge in [0.2, 0.25) is 0 Å². The molecule has 26 heavy (non-hydrogen) atoms. The lowest BCUT2D eigenvalue weighted by molar-refractivity contribution is 0.129. The van der Waals surface area contributed by atoms with E-state index in [1.165, 1.54) is 25.9 Å². The smallest absolute Gasteiger partial charge is 0.193 e. The van der Waals surface area contributed by atoms with Crippen LogP contribution < -0.4 is 10.1 Å². The summed E-state index contributed by atoms with van der Waals surface area (Å²) in [6.07, 6.45) is 5.01. The lowest BCUT2D eigenvalue weighted by Crippen LogP contribution is -2.47. The van der Waals surface area contributed by atoms with Gasteiger partial charge < -0.3 is 19.9 Å². The topological polar surface area (TPSA) is 40.1 Å². The van der Waals surface area contributed by atoms with Gasteiger partial charge in [0.1, 0.15) is 11.9 Å². The third kappa shape index (κ3) is 5.63. The molecule has 1 atom stereocenters. The van der Waals surface area contributed by atoms with Crippen LogP contribution in [0.25, 0.3) is 0 Å². The van der Waals surface area contributed by atoms with Crippen molar-refractivity contribution in [3.8, 4) is 5.75 Å². The fourth-order valence-corrected chi connectivity index (χ4v) is 3.94. The second-order valence-electron chi connectivity index (χ2n) is 7.58. The van der Waals surface area contributed by atoms with Crippen molar-refractivity contribution in [1.82, 2.24) is 15.1 Å². The van der Waals surface area contributed by atoms with Gasteiger partial charge in [-0.2, -0.15) is 0 Å². The molecule has 2 aliphatic heterocycles. The molecule has 3 rings (SSSR count). The van der Waals surface area contributed by atoms with Crippen LogP contribution in [-0.4, -0.2) is 68.2 Å². The summed E-state index contributed by atoms with van der Waals surface area (Å²) in [5.41, 5.74) is 0. The Morgan fingerprint density at radius 3 is 2.62 bits per heavy atom. The first-order valence-corrected chi connectivity index (χ1v) is 10.2. The van der Waals surface area contributed by atoms with Gasteiger partial charge >= 0.3 is 0 Å². The summed E-state index contributed by atoms with van der Waals surface area (Å²) in [4.78, 5) is 9.81. The molecule has 2 fully saturated rings. The van der Waals surface area contributed by atoms with Crippen molar-refractivity contribution in [2.75, 3.05) is 46.3 Å². The molecule has 2 aliphatic rings. The maximum Gasteiger partial charge on any atom is 0.193 e. The molecule has 2 saturated heterocycles. The van der Waals surface area contributed by atoms with E-state index < -0.39 is 0 Å². The average Bonchev–Trinajstić information content (AvgIpc) is 2.67. The molecule has 5 heteroatoms. The highest BCUT2D eigenvalue weighted by Gasteiger charge is 2.23. The summed E-state index contributed by atoms with van der Waals surface area (Å²) < 4.78 is 6.12. The van der Waals surface area contributed by atoms with Gasteiger partial charge in [0, 0.05) is 45.6 Å². The Balaban J connectivity index is 1.50. The first kappa shape index (κ1) is 19.0. The van der Waals surface area contributed by atoms with Crippen molar-refractivity contribution in [1.29, 1.82) is 0 Å². The molecule has 5 nitrogen and oxygen atoms in total. The molecular weight excluding hydrogens is 324 g/mol. The number of aliphatic imine (C=N–C) groups is 1. The highest BCUT2D eigenvalue weighted by molar-refractivity contribution is 5.80. The first-order chi connectivity index (χ1) is 12.7. The zero-order valence-electron chi connectivity index (χ0n) is 16.4. The maximum absolute atomic E-state index is 6.12. The number of rotatable bonds is 5. The Bertz CT molecular complexity index is 554. The molecule has 0 radical (unpaired) electrons. The summed E-state index contributed by atoms with van der Waals surface area (Å²) in [5.74, 6) is 2.76. The number of nitrogens with one attached hydrogen (secondary N) is 1. The van der Waals surface area contributed by atoms with Crippen LogP contribution in [0.3, 0.4) is 0 Å². The van der Waals surface area contributed by atoms with Gasteiger partial charge in [0.25, 0.3) is 0 Å². The van der Waals surface area contributed by atoms with Crippen LogP contribution in [0.4, 0.5) is 0 Å². The predicted molar refractivity (Wildman–Crippen MR) is 108 cm³/mol. The molecule has 0 saturated carbocycles.